The summed E-state index contributed by atoms with van der Waals surface area (Å²) in [4.78, 5) is 14.2. The Balaban J connectivity index is 2.48. The van der Waals surface area contributed by atoms with Crippen LogP contribution in [0.4, 0.5) is 0 Å². The molecule has 0 aliphatic heterocycles. The lowest BCUT2D eigenvalue weighted by molar-refractivity contribution is -0.121. The highest BCUT2D eigenvalue weighted by Gasteiger charge is 2.20. The summed E-state index contributed by atoms with van der Waals surface area (Å²) in [5.74, 6) is -0.158. The third-order valence-corrected chi connectivity index (χ3v) is 5.40. The molecule has 0 atom stereocenters. The minimum absolute atomic E-state index is 0.0436. The smallest absolute Gasteiger partial charge is 0.240 e. The third kappa shape index (κ3) is 7.54. The van der Waals surface area contributed by atoms with E-state index in [4.69, 9.17) is 0 Å². The number of hydrogen-bond acceptors (Lipinski definition) is 4. The molecule has 0 heterocycles. The van der Waals surface area contributed by atoms with Crippen molar-refractivity contribution in [2.24, 2.45) is 5.41 Å². The Labute approximate surface area is 152 Å². The molecule has 1 aromatic rings. The Morgan fingerprint density at radius 1 is 1.16 bits per heavy atom. The monoisotopic (exact) mass is 369 g/mol. The molecule has 0 bridgehead atoms. The molecule has 0 unspecified atom stereocenters. The van der Waals surface area contributed by atoms with E-state index in [2.05, 4.69) is 28.8 Å². The van der Waals surface area contributed by atoms with Crippen molar-refractivity contribution in [3.05, 3.63) is 29.3 Å². The van der Waals surface area contributed by atoms with Gasteiger partial charge in [-0.25, -0.2) is 13.1 Å². The van der Waals surface area contributed by atoms with Crippen molar-refractivity contribution in [2.75, 3.05) is 33.7 Å². The highest BCUT2D eigenvalue weighted by molar-refractivity contribution is 7.89. The van der Waals surface area contributed by atoms with Gasteiger partial charge < -0.3 is 10.2 Å². The standard InChI is InChI=1S/C18H31N3O3S/c1-14-7-8-16(11-15(14)2)25(23,24)20-10-9-17(22)19-12-18(3,4)13-21(5)6/h7-8,11,20H,9-10,12-13H2,1-6H3,(H,19,22). The van der Waals surface area contributed by atoms with Gasteiger partial charge in [-0.1, -0.05) is 19.9 Å². The molecule has 1 amide bonds. The van der Waals surface area contributed by atoms with Gasteiger partial charge in [0.25, 0.3) is 0 Å². The Hall–Kier alpha value is -1.44. The average molecular weight is 370 g/mol. The van der Waals surface area contributed by atoms with E-state index in [1.54, 1.807) is 18.2 Å². The maximum absolute atomic E-state index is 12.3. The van der Waals surface area contributed by atoms with Crippen LogP contribution in [0, 0.1) is 19.3 Å². The quantitative estimate of drug-likeness (QED) is 0.694. The van der Waals surface area contributed by atoms with Crippen molar-refractivity contribution in [1.29, 1.82) is 0 Å². The minimum Gasteiger partial charge on any atom is -0.355 e. The summed E-state index contributed by atoms with van der Waals surface area (Å²) in [6.07, 6.45) is 0.113. The number of carbonyl (C=O) groups is 1. The molecule has 7 heteroatoms. The predicted molar refractivity (Wildman–Crippen MR) is 101 cm³/mol. The number of carbonyl (C=O) groups excluding carboxylic acids is 1. The van der Waals surface area contributed by atoms with Crippen LogP contribution in [-0.4, -0.2) is 53.0 Å². The molecule has 6 nitrogen and oxygen atoms in total. The molecule has 0 aromatic heterocycles. The molecule has 0 radical (unpaired) electrons. The fraction of sp³-hybridized carbons (Fsp3) is 0.611. The average Bonchev–Trinajstić information content (AvgIpc) is 2.46. The van der Waals surface area contributed by atoms with E-state index >= 15 is 0 Å². The Morgan fingerprint density at radius 3 is 2.36 bits per heavy atom. The molecule has 25 heavy (non-hydrogen) atoms. The van der Waals surface area contributed by atoms with Gasteiger partial charge in [-0.05, 0) is 56.6 Å². The van der Waals surface area contributed by atoms with Crippen molar-refractivity contribution in [1.82, 2.24) is 14.9 Å². The van der Waals surface area contributed by atoms with Crippen molar-refractivity contribution >= 4 is 15.9 Å². The number of aryl methyl sites for hydroxylation is 2. The number of rotatable bonds is 9. The van der Waals surface area contributed by atoms with Gasteiger partial charge in [-0.2, -0.15) is 0 Å². The second kappa shape index (κ2) is 8.78. The summed E-state index contributed by atoms with van der Waals surface area (Å²) in [6, 6.07) is 5.00. The SMILES string of the molecule is Cc1ccc(S(=O)(=O)NCCC(=O)NCC(C)(C)CN(C)C)cc1C. The van der Waals surface area contributed by atoms with E-state index in [-0.39, 0.29) is 29.2 Å². The molecule has 0 fully saturated rings. The van der Waals surface area contributed by atoms with Gasteiger partial charge in [0.1, 0.15) is 0 Å². The van der Waals surface area contributed by atoms with Gasteiger partial charge in [0.05, 0.1) is 4.90 Å². The fourth-order valence-electron chi connectivity index (χ4n) is 2.60. The van der Waals surface area contributed by atoms with Crippen molar-refractivity contribution in [2.45, 2.75) is 39.0 Å². The van der Waals surface area contributed by atoms with Gasteiger partial charge in [-0.3, -0.25) is 4.79 Å². The summed E-state index contributed by atoms with van der Waals surface area (Å²) in [5, 5.41) is 2.87. The summed E-state index contributed by atoms with van der Waals surface area (Å²) in [7, 11) is 0.391. The molecule has 142 valence electrons. The summed E-state index contributed by atoms with van der Waals surface area (Å²) >= 11 is 0. The van der Waals surface area contributed by atoms with Crippen LogP contribution in [0.5, 0.6) is 0 Å². The first kappa shape index (κ1) is 21.6. The lowest BCUT2D eigenvalue weighted by Gasteiger charge is -2.28. The van der Waals surface area contributed by atoms with Crippen molar-refractivity contribution < 1.29 is 13.2 Å². The third-order valence-electron chi connectivity index (χ3n) is 3.94. The zero-order chi connectivity index (χ0) is 19.3. The molecule has 0 spiro atoms. The van der Waals surface area contributed by atoms with Gasteiger partial charge in [0.15, 0.2) is 0 Å². The maximum Gasteiger partial charge on any atom is 0.240 e. The lowest BCUT2D eigenvalue weighted by atomic mass is 9.93. The lowest BCUT2D eigenvalue weighted by Crippen LogP contribution is -2.40. The molecular weight excluding hydrogens is 338 g/mol. The van der Waals surface area contributed by atoms with Crippen LogP contribution in [-0.2, 0) is 14.8 Å². The Bertz CT molecular complexity index is 698. The largest absolute Gasteiger partial charge is 0.355 e. The van der Waals surface area contributed by atoms with Crippen LogP contribution in [0.25, 0.3) is 0 Å². The van der Waals surface area contributed by atoms with E-state index in [1.165, 1.54) is 0 Å². The van der Waals surface area contributed by atoms with E-state index in [0.29, 0.717) is 6.54 Å². The molecule has 0 aliphatic carbocycles. The summed E-state index contributed by atoms with van der Waals surface area (Å²) in [5.41, 5.74) is 1.92. The van der Waals surface area contributed by atoms with Crippen LogP contribution in [0.1, 0.15) is 31.4 Å². The zero-order valence-electron chi connectivity index (χ0n) is 16.1. The summed E-state index contributed by atoms with van der Waals surface area (Å²) < 4.78 is 27.0. The van der Waals surface area contributed by atoms with E-state index in [1.807, 2.05) is 27.9 Å². The summed E-state index contributed by atoms with van der Waals surface area (Å²) in [6.45, 7) is 9.44. The Morgan fingerprint density at radius 2 is 1.80 bits per heavy atom. The molecule has 1 aromatic carbocycles. The highest BCUT2D eigenvalue weighted by Crippen LogP contribution is 2.15. The first-order valence-corrected chi connectivity index (χ1v) is 9.90. The maximum atomic E-state index is 12.3. The molecular formula is C18H31N3O3S. The second-order valence-electron chi connectivity index (χ2n) is 7.57. The Kier molecular flexibility index (Phi) is 7.59. The number of amides is 1. The minimum atomic E-state index is -3.59. The van der Waals surface area contributed by atoms with Crippen LogP contribution in [0.3, 0.4) is 0 Å². The van der Waals surface area contributed by atoms with Gasteiger partial charge in [-0.15, -0.1) is 0 Å². The van der Waals surface area contributed by atoms with Crippen molar-refractivity contribution in [3.8, 4) is 0 Å². The molecule has 2 N–H and O–H groups in total. The van der Waals surface area contributed by atoms with E-state index in [9.17, 15) is 13.2 Å². The van der Waals surface area contributed by atoms with Crippen LogP contribution in [0.15, 0.2) is 23.1 Å². The predicted octanol–water partition coefficient (Wildman–Crippen LogP) is 1.68. The molecule has 1 rings (SSSR count). The zero-order valence-corrected chi connectivity index (χ0v) is 17.0. The van der Waals surface area contributed by atoms with Gasteiger partial charge in [0.2, 0.25) is 15.9 Å². The van der Waals surface area contributed by atoms with Crippen molar-refractivity contribution in [3.63, 3.8) is 0 Å². The number of nitrogens with zero attached hydrogens (tertiary/aromatic N) is 1. The van der Waals surface area contributed by atoms with Crippen LogP contribution >= 0.6 is 0 Å². The normalized spacial score (nSPS) is 12.4. The second-order valence-corrected chi connectivity index (χ2v) is 9.34. The number of sulfonamides is 1. The fourth-order valence-corrected chi connectivity index (χ4v) is 3.72. The highest BCUT2D eigenvalue weighted by atomic mass is 32.2. The molecule has 0 saturated carbocycles. The van der Waals surface area contributed by atoms with Crippen LogP contribution < -0.4 is 10.0 Å². The van der Waals surface area contributed by atoms with Crippen LogP contribution in [0.2, 0.25) is 0 Å². The van der Waals surface area contributed by atoms with Gasteiger partial charge >= 0.3 is 0 Å². The number of hydrogen-bond donors (Lipinski definition) is 2. The number of nitrogens with one attached hydrogen (secondary N) is 2. The molecule has 0 aliphatic rings. The number of benzene rings is 1. The van der Waals surface area contributed by atoms with E-state index < -0.39 is 10.0 Å². The molecule has 0 saturated heterocycles. The topological polar surface area (TPSA) is 78.5 Å². The first-order valence-electron chi connectivity index (χ1n) is 8.41. The van der Waals surface area contributed by atoms with Gasteiger partial charge in [0, 0.05) is 26.1 Å². The first-order chi connectivity index (χ1) is 11.4. The van der Waals surface area contributed by atoms with E-state index in [0.717, 1.165) is 17.7 Å².